The molecule has 0 aliphatic heterocycles. The summed E-state index contributed by atoms with van der Waals surface area (Å²) in [6.07, 6.45) is 7.78. The van der Waals surface area contributed by atoms with Crippen LogP contribution in [0.5, 0.6) is 0 Å². The molecule has 0 rings (SSSR count). The van der Waals surface area contributed by atoms with E-state index in [0.717, 1.165) is 0 Å². The standard InChI is InChI=1S/C6H11O2.3C4H9.Sn/c1-5(2)4-8-6(3)7;3*1-3-4-2;/h4-5H,1-3H3;3*1,3-4H2,2H3;. The fraction of sp³-hybridized carbons (Fsp3) is 0.944. The Labute approximate surface area is 137 Å². The molecule has 0 aromatic heterocycles. The van der Waals surface area contributed by atoms with E-state index in [0.29, 0.717) is 5.92 Å². The monoisotopic (exact) mass is 406 g/mol. The molecule has 0 spiro atoms. The molecule has 0 aliphatic rings. The summed E-state index contributed by atoms with van der Waals surface area (Å²) in [5.74, 6) is 0.412. The average Bonchev–Trinajstić information content (AvgIpc) is 2.44. The molecule has 126 valence electrons. The van der Waals surface area contributed by atoms with E-state index >= 15 is 0 Å². The van der Waals surface area contributed by atoms with E-state index in [1.807, 2.05) is 0 Å². The minimum absolute atomic E-state index is 0.0701. The first kappa shape index (κ1) is 21.3. The molecule has 0 heterocycles. The normalized spacial score (nSPS) is 13.5. The van der Waals surface area contributed by atoms with Crippen LogP contribution in [0.1, 0.15) is 80.1 Å². The van der Waals surface area contributed by atoms with E-state index in [9.17, 15) is 4.79 Å². The first-order valence-electron chi connectivity index (χ1n) is 9.10. The van der Waals surface area contributed by atoms with Crippen LogP contribution in [0.4, 0.5) is 0 Å². The molecule has 0 radical (unpaired) electrons. The summed E-state index contributed by atoms with van der Waals surface area (Å²) in [5.41, 5.74) is 0. The Morgan fingerprint density at radius 2 is 1.29 bits per heavy atom. The van der Waals surface area contributed by atoms with Gasteiger partial charge in [-0.05, 0) is 0 Å². The van der Waals surface area contributed by atoms with E-state index in [4.69, 9.17) is 4.74 Å². The van der Waals surface area contributed by atoms with Gasteiger partial charge in [-0.3, -0.25) is 0 Å². The van der Waals surface area contributed by atoms with Crippen molar-refractivity contribution >= 4 is 24.3 Å². The molecule has 0 aromatic rings. The van der Waals surface area contributed by atoms with Crippen LogP contribution >= 0.6 is 0 Å². The first-order valence-corrected chi connectivity index (χ1v) is 16.8. The van der Waals surface area contributed by atoms with Crippen molar-refractivity contribution in [2.45, 2.75) is 97.5 Å². The Hall–Kier alpha value is 0.269. The fourth-order valence-corrected chi connectivity index (χ4v) is 22.4. The van der Waals surface area contributed by atoms with E-state index in [-0.39, 0.29) is 10.1 Å². The molecule has 0 aromatic carbocycles. The predicted octanol–water partition coefficient (Wildman–Crippen LogP) is 5.96. The Kier molecular flexibility index (Phi) is 11.9. The molecule has 1 unspecified atom stereocenters. The molecule has 0 saturated heterocycles. The number of ether oxygens (including phenoxy) is 1. The fourth-order valence-electron chi connectivity index (χ4n) is 3.54. The quantitative estimate of drug-likeness (QED) is 0.296. The van der Waals surface area contributed by atoms with Crippen molar-refractivity contribution in [3.05, 3.63) is 0 Å². The van der Waals surface area contributed by atoms with Crippen molar-refractivity contribution in [3.8, 4) is 0 Å². The summed E-state index contributed by atoms with van der Waals surface area (Å²) >= 11 is -2.45. The van der Waals surface area contributed by atoms with Gasteiger partial charge in [-0.25, -0.2) is 0 Å². The van der Waals surface area contributed by atoms with Crippen LogP contribution in [0.2, 0.25) is 13.3 Å². The summed E-state index contributed by atoms with van der Waals surface area (Å²) in [4.78, 5) is 11.6. The Morgan fingerprint density at radius 3 is 1.52 bits per heavy atom. The molecule has 0 amide bonds. The molecule has 1 atom stereocenters. The van der Waals surface area contributed by atoms with E-state index in [1.54, 1.807) is 6.92 Å². The third-order valence-corrected chi connectivity index (χ3v) is 21.8. The molecule has 0 aliphatic carbocycles. The van der Waals surface area contributed by atoms with Gasteiger partial charge < -0.3 is 0 Å². The maximum absolute atomic E-state index is 11.6. The van der Waals surface area contributed by atoms with Gasteiger partial charge in [0.15, 0.2) is 0 Å². The number of hydrogen-bond donors (Lipinski definition) is 0. The van der Waals surface area contributed by atoms with Gasteiger partial charge in [-0.2, -0.15) is 0 Å². The zero-order chi connectivity index (χ0) is 16.3. The van der Waals surface area contributed by atoms with Crippen molar-refractivity contribution in [3.63, 3.8) is 0 Å². The van der Waals surface area contributed by atoms with Gasteiger partial charge in [-0.1, -0.05) is 0 Å². The molecular formula is C18H38O2Sn. The zero-order valence-corrected chi connectivity index (χ0v) is 18.2. The molecule has 0 bridgehead atoms. The van der Waals surface area contributed by atoms with Crippen molar-refractivity contribution in [2.75, 3.05) is 0 Å². The Bertz CT molecular complexity index is 255. The Balaban J connectivity index is 5.33. The van der Waals surface area contributed by atoms with Crippen molar-refractivity contribution in [2.24, 2.45) is 5.92 Å². The van der Waals surface area contributed by atoms with Crippen LogP contribution in [0.3, 0.4) is 0 Å². The van der Waals surface area contributed by atoms with Crippen molar-refractivity contribution < 1.29 is 9.53 Å². The van der Waals surface area contributed by atoms with Gasteiger partial charge in [0.1, 0.15) is 0 Å². The zero-order valence-electron chi connectivity index (χ0n) is 15.3. The van der Waals surface area contributed by atoms with Crippen LogP contribution in [-0.2, 0) is 9.53 Å². The predicted molar refractivity (Wildman–Crippen MR) is 95.3 cm³/mol. The molecule has 0 fully saturated rings. The average molecular weight is 405 g/mol. The van der Waals surface area contributed by atoms with Gasteiger partial charge in [0.05, 0.1) is 0 Å². The van der Waals surface area contributed by atoms with Crippen molar-refractivity contribution in [1.82, 2.24) is 0 Å². The topological polar surface area (TPSA) is 26.3 Å². The second kappa shape index (κ2) is 11.8. The summed E-state index contributed by atoms with van der Waals surface area (Å²) in [7, 11) is 0. The number of rotatable bonds is 12. The molecule has 0 N–H and O–H groups in total. The summed E-state index contributed by atoms with van der Waals surface area (Å²) in [6.45, 7) is 12.9. The SMILES string of the molecule is CCC[CH2][Sn]([CH2]CCC)([CH2]CCC)[CH](OC(C)=O)C(C)C. The Morgan fingerprint density at radius 1 is 0.905 bits per heavy atom. The van der Waals surface area contributed by atoms with Gasteiger partial charge in [0, 0.05) is 0 Å². The van der Waals surface area contributed by atoms with Crippen LogP contribution < -0.4 is 0 Å². The second-order valence-corrected chi connectivity index (χ2v) is 20.6. The third-order valence-electron chi connectivity index (χ3n) is 4.59. The van der Waals surface area contributed by atoms with Crippen molar-refractivity contribution in [1.29, 1.82) is 0 Å². The molecule has 21 heavy (non-hydrogen) atoms. The van der Waals surface area contributed by atoms with Gasteiger partial charge in [0.2, 0.25) is 0 Å². The van der Waals surface area contributed by atoms with Gasteiger partial charge >= 0.3 is 137 Å². The molecule has 0 saturated carbocycles. The van der Waals surface area contributed by atoms with Crippen LogP contribution in [-0.4, -0.2) is 28.5 Å². The van der Waals surface area contributed by atoms with Gasteiger partial charge in [0.25, 0.3) is 0 Å². The summed E-state index contributed by atoms with van der Waals surface area (Å²) < 4.78 is 10.4. The number of carbonyl (C=O) groups is 1. The minimum atomic E-state index is -2.45. The van der Waals surface area contributed by atoms with Gasteiger partial charge in [-0.15, -0.1) is 0 Å². The van der Waals surface area contributed by atoms with E-state index in [2.05, 4.69) is 34.6 Å². The second-order valence-electron chi connectivity index (χ2n) is 6.95. The third kappa shape index (κ3) is 7.90. The summed E-state index contributed by atoms with van der Waals surface area (Å²) in [6, 6.07) is 0. The first-order chi connectivity index (χ1) is 9.93. The van der Waals surface area contributed by atoms with E-state index < -0.39 is 18.4 Å². The van der Waals surface area contributed by atoms with E-state index in [1.165, 1.54) is 51.8 Å². The number of esters is 1. The number of hydrogen-bond acceptors (Lipinski definition) is 2. The number of unbranched alkanes of at least 4 members (excludes halogenated alkanes) is 3. The van der Waals surface area contributed by atoms with Crippen LogP contribution in [0, 0.1) is 5.92 Å². The molecule has 3 heteroatoms. The summed E-state index contributed by atoms with van der Waals surface area (Å²) in [5, 5.41) is 0. The molecule has 2 nitrogen and oxygen atoms in total. The molecular weight excluding hydrogens is 367 g/mol. The number of carbonyl (C=O) groups excluding carboxylic acids is 1. The van der Waals surface area contributed by atoms with Crippen LogP contribution in [0.25, 0.3) is 0 Å². The van der Waals surface area contributed by atoms with Crippen LogP contribution in [0.15, 0.2) is 0 Å². The maximum atomic E-state index is 11.6.